The van der Waals surface area contributed by atoms with Gasteiger partial charge < -0.3 is 10.4 Å². The van der Waals surface area contributed by atoms with E-state index in [1.807, 2.05) is 0 Å². The fraction of sp³-hybridized carbons (Fsp3) is 0.125. The molecule has 0 saturated heterocycles. The van der Waals surface area contributed by atoms with Crippen molar-refractivity contribution in [1.82, 2.24) is 0 Å². The summed E-state index contributed by atoms with van der Waals surface area (Å²) in [5, 5.41) is 20.2. The van der Waals surface area contributed by atoms with Gasteiger partial charge in [0.2, 0.25) is 0 Å². The third-order valence-corrected chi connectivity index (χ3v) is 1.96. The molecule has 6 nitrogen and oxygen atoms in total. The highest BCUT2D eigenvalue weighted by Gasteiger charge is 2.12. The number of nitro benzene ring substituents is 1. The maximum Gasteiger partial charge on any atom is 0.271 e. The summed E-state index contributed by atoms with van der Waals surface area (Å²) in [4.78, 5) is 20.9. The molecule has 0 radical (unpaired) electrons. The number of carbonyl (C=O) groups excluding carboxylic acids is 1. The molecule has 1 rings (SSSR count). The van der Waals surface area contributed by atoms with Gasteiger partial charge in [-0.1, -0.05) is 6.07 Å². The fourth-order valence-electron chi connectivity index (χ4n) is 0.899. The van der Waals surface area contributed by atoms with E-state index < -0.39 is 15.8 Å². The van der Waals surface area contributed by atoms with Gasteiger partial charge >= 0.3 is 0 Å². The minimum absolute atomic E-state index is 0.128. The average Bonchev–Trinajstić information content (AvgIpc) is 2.18. The van der Waals surface area contributed by atoms with Crippen molar-refractivity contribution in [3.8, 4) is 0 Å². The Morgan fingerprint density at radius 2 is 2.27 bits per heavy atom. The van der Waals surface area contributed by atoms with E-state index in [1.165, 1.54) is 24.3 Å². The third kappa shape index (κ3) is 3.30. The summed E-state index contributed by atoms with van der Waals surface area (Å²) >= 11 is 2.65. The van der Waals surface area contributed by atoms with Gasteiger partial charge in [0.15, 0.2) is 5.01 Å². The summed E-state index contributed by atoms with van der Waals surface area (Å²) in [6.45, 7) is 0. The van der Waals surface area contributed by atoms with Crippen LogP contribution in [0.2, 0.25) is 0 Å². The maximum absolute atomic E-state index is 11.0. The lowest BCUT2D eigenvalue weighted by atomic mass is 10.3. The molecular weight excluding hydrogens is 268 g/mol. The Morgan fingerprint density at radius 1 is 1.60 bits per heavy atom. The lowest BCUT2D eigenvalue weighted by Crippen LogP contribution is -2.21. The molecule has 0 heterocycles. The van der Waals surface area contributed by atoms with Gasteiger partial charge in [-0.25, -0.2) is 0 Å². The first-order valence-electron chi connectivity index (χ1n) is 3.88. The van der Waals surface area contributed by atoms with Crippen LogP contribution in [0.4, 0.5) is 11.4 Å². The number of amides is 1. The van der Waals surface area contributed by atoms with Crippen LogP contribution >= 0.6 is 15.9 Å². The number of non-ortho nitro benzene ring substituents is 1. The molecule has 1 amide bonds. The van der Waals surface area contributed by atoms with E-state index in [1.54, 1.807) is 0 Å². The zero-order chi connectivity index (χ0) is 11.4. The van der Waals surface area contributed by atoms with E-state index in [4.69, 9.17) is 5.11 Å². The van der Waals surface area contributed by atoms with Crippen LogP contribution in [0.1, 0.15) is 0 Å². The highest BCUT2D eigenvalue weighted by atomic mass is 79.9. The van der Waals surface area contributed by atoms with E-state index in [0.717, 1.165) is 0 Å². The van der Waals surface area contributed by atoms with Crippen LogP contribution in [0, 0.1) is 10.1 Å². The monoisotopic (exact) mass is 274 g/mol. The number of hydrogen-bond donors (Lipinski definition) is 2. The Bertz CT molecular complexity index is 394. The van der Waals surface area contributed by atoms with Crippen molar-refractivity contribution >= 4 is 33.2 Å². The number of nitro groups is 1. The molecular formula is C8H7BrN2O4. The van der Waals surface area contributed by atoms with Crippen molar-refractivity contribution in [1.29, 1.82) is 0 Å². The number of anilines is 1. The second kappa shape index (κ2) is 4.85. The lowest BCUT2D eigenvalue weighted by molar-refractivity contribution is -0.384. The van der Waals surface area contributed by atoms with Crippen molar-refractivity contribution in [2.45, 2.75) is 5.01 Å². The molecule has 1 aromatic carbocycles. The Morgan fingerprint density at radius 3 is 2.80 bits per heavy atom. The van der Waals surface area contributed by atoms with Crippen molar-refractivity contribution in [2.24, 2.45) is 0 Å². The molecule has 0 spiro atoms. The quantitative estimate of drug-likeness (QED) is 0.493. The number of nitrogens with one attached hydrogen (secondary N) is 1. The largest absolute Gasteiger partial charge is 0.373 e. The smallest absolute Gasteiger partial charge is 0.271 e. The minimum atomic E-state index is -1.34. The van der Waals surface area contributed by atoms with Gasteiger partial charge in [-0.15, -0.1) is 0 Å². The highest BCUT2D eigenvalue weighted by molar-refractivity contribution is 9.09. The maximum atomic E-state index is 11.0. The molecule has 0 aromatic heterocycles. The molecule has 0 aliphatic carbocycles. The van der Waals surface area contributed by atoms with Crippen molar-refractivity contribution in [3.63, 3.8) is 0 Å². The highest BCUT2D eigenvalue weighted by Crippen LogP contribution is 2.17. The lowest BCUT2D eigenvalue weighted by Gasteiger charge is -2.05. The van der Waals surface area contributed by atoms with Crippen molar-refractivity contribution < 1.29 is 14.8 Å². The van der Waals surface area contributed by atoms with Gasteiger partial charge in [0.25, 0.3) is 11.6 Å². The number of aliphatic hydroxyl groups is 1. The zero-order valence-electron chi connectivity index (χ0n) is 7.38. The molecule has 80 valence electrons. The van der Waals surface area contributed by atoms with Gasteiger partial charge in [0.05, 0.1) is 4.92 Å². The number of alkyl halides is 1. The van der Waals surface area contributed by atoms with Crippen LogP contribution in [0.5, 0.6) is 0 Å². The second-order valence-electron chi connectivity index (χ2n) is 2.63. The number of hydrogen-bond acceptors (Lipinski definition) is 4. The van der Waals surface area contributed by atoms with Crippen LogP contribution in [0.3, 0.4) is 0 Å². The summed E-state index contributed by atoms with van der Waals surface area (Å²) in [6, 6.07) is 5.43. The van der Waals surface area contributed by atoms with Crippen LogP contribution in [0.15, 0.2) is 24.3 Å². The molecule has 0 saturated carbocycles. The van der Waals surface area contributed by atoms with Crippen LogP contribution in [-0.4, -0.2) is 21.0 Å². The van der Waals surface area contributed by atoms with Crippen LogP contribution < -0.4 is 5.32 Å². The molecule has 0 aliphatic rings. The van der Waals surface area contributed by atoms with Gasteiger partial charge in [-0.2, -0.15) is 0 Å². The van der Waals surface area contributed by atoms with E-state index in [9.17, 15) is 14.9 Å². The Kier molecular flexibility index (Phi) is 3.75. The van der Waals surface area contributed by atoms with Gasteiger partial charge in [0, 0.05) is 17.8 Å². The first-order chi connectivity index (χ1) is 7.00. The third-order valence-electron chi connectivity index (χ3n) is 1.54. The van der Waals surface area contributed by atoms with Crippen LogP contribution in [-0.2, 0) is 4.79 Å². The number of carbonyl (C=O) groups is 1. The number of nitrogens with zero attached hydrogens (tertiary/aromatic N) is 1. The summed E-state index contributed by atoms with van der Waals surface area (Å²) in [6.07, 6.45) is 0. The molecule has 1 unspecified atom stereocenters. The van der Waals surface area contributed by atoms with Gasteiger partial charge in [-0.3, -0.25) is 14.9 Å². The van der Waals surface area contributed by atoms with Gasteiger partial charge in [0.1, 0.15) is 0 Å². The number of aliphatic hydroxyl groups excluding tert-OH is 1. The molecule has 2 N–H and O–H groups in total. The van der Waals surface area contributed by atoms with Crippen LogP contribution in [0.25, 0.3) is 0 Å². The first-order valence-corrected chi connectivity index (χ1v) is 4.80. The molecule has 15 heavy (non-hydrogen) atoms. The molecule has 0 bridgehead atoms. The van der Waals surface area contributed by atoms with E-state index in [2.05, 4.69) is 21.2 Å². The first kappa shape index (κ1) is 11.6. The van der Waals surface area contributed by atoms with Crippen molar-refractivity contribution in [2.75, 3.05) is 5.32 Å². The summed E-state index contributed by atoms with van der Waals surface area (Å²) in [7, 11) is 0. The number of benzene rings is 1. The van der Waals surface area contributed by atoms with Crippen molar-refractivity contribution in [3.05, 3.63) is 34.4 Å². The summed E-state index contributed by atoms with van der Waals surface area (Å²) < 4.78 is 0. The predicted molar refractivity (Wildman–Crippen MR) is 56.7 cm³/mol. The molecule has 1 aromatic rings. The molecule has 0 fully saturated rings. The minimum Gasteiger partial charge on any atom is -0.373 e. The second-order valence-corrected chi connectivity index (χ2v) is 3.50. The fourth-order valence-corrected chi connectivity index (χ4v) is 1.01. The number of halogens is 1. The SMILES string of the molecule is O=C(Nc1cccc([N+](=O)[O-])c1)C(O)Br. The topological polar surface area (TPSA) is 92.5 Å². The Balaban J connectivity index is 2.83. The van der Waals surface area contributed by atoms with Gasteiger partial charge in [-0.05, 0) is 22.0 Å². The molecule has 1 atom stereocenters. The van der Waals surface area contributed by atoms with E-state index in [0.29, 0.717) is 0 Å². The normalized spacial score (nSPS) is 11.9. The summed E-state index contributed by atoms with van der Waals surface area (Å²) in [5.41, 5.74) is 0.129. The summed E-state index contributed by atoms with van der Waals surface area (Å²) in [5.74, 6) is -0.685. The Hall–Kier alpha value is -1.47. The Labute approximate surface area is 93.2 Å². The van der Waals surface area contributed by atoms with E-state index >= 15 is 0 Å². The average molecular weight is 275 g/mol. The standard InChI is InChI=1S/C8H7BrN2O4/c9-7(12)8(13)10-5-2-1-3-6(4-5)11(14)15/h1-4,7,12H,(H,10,13). The zero-order valence-corrected chi connectivity index (χ0v) is 8.97. The predicted octanol–water partition coefficient (Wildman–Crippen LogP) is 1.25. The van der Waals surface area contributed by atoms with E-state index in [-0.39, 0.29) is 11.4 Å². The molecule has 7 heteroatoms. The molecule has 0 aliphatic heterocycles. The number of rotatable bonds is 3.